The van der Waals surface area contributed by atoms with Gasteiger partial charge in [0.05, 0.1) is 6.42 Å². The summed E-state index contributed by atoms with van der Waals surface area (Å²) < 4.78 is 15.0. The Kier molecular flexibility index (Phi) is 18.6. The van der Waals surface area contributed by atoms with Gasteiger partial charge in [-0.1, -0.05) is 0 Å². The van der Waals surface area contributed by atoms with Crippen molar-refractivity contribution in [1.82, 2.24) is 20.8 Å². The van der Waals surface area contributed by atoms with Crippen LogP contribution in [0.3, 0.4) is 0 Å². The van der Waals surface area contributed by atoms with Crippen molar-refractivity contribution < 1.29 is 71.8 Å². The van der Waals surface area contributed by atoms with Crippen molar-refractivity contribution in [3.05, 3.63) is 0 Å². The fraction of sp³-hybridized carbons (Fsp3) is 0.655. The van der Waals surface area contributed by atoms with Gasteiger partial charge < -0.3 is 34.5 Å². The molecule has 0 bridgehead atoms. The summed E-state index contributed by atoms with van der Waals surface area (Å²) in [7, 11) is 0. The topological polar surface area (TPSA) is 247 Å². The number of ether oxygens (including phenoxy) is 3. The van der Waals surface area contributed by atoms with E-state index in [1.807, 2.05) is 0 Å². The number of unbranched alkanes of at least 4 members (excludes halogenated alkanes) is 1. The molecule has 0 aromatic rings. The van der Waals surface area contributed by atoms with E-state index in [1.54, 1.807) is 0 Å². The van der Waals surface area contributed by atoms with Crippen LogP contribution in [0.15, 0.2) is 0 Å². The highest BCUT2D eigenvalue weighted by Gasteiger charge is 2.35. The molecule has 0 aromatic carbocycles. The molecule has 268 valence electrons. The van der Waals surface area contributed by atoms with Crippen molar-refractivity contribution in [3.63, 3.8) is 0 Å². The van der Waals surface area contributed by atoms with Gasteiger partial charge in [0.2, 0.25) is 11.8 Å². The largest absolute Gasteiger partial charge is 0.463 e. The lowest BCUT2D eigenvalue weighted by atomic mass is 10.1. The molecule has 0 saturated carbocycles. The molecule has 1 atom stereocenters. The SMILES string of the molecule is CC(=O)NCCCCC(NC(C)=O)C(=O)ON1C(=O)CCC1=O.CC(=O)OCC(COC(C)=O)OCCCC(=O)ON1C(=O)CCC1=O. The standard InChI is InChI=1S/C15H21NO9.C14H21N3O6/c1-10(17)23-8-12(9-24-11(2)18)22-7-3-4-15(21)25-16-13(19)5-6-14(16)20;1-9(18)15-8-4-3-5-11(16-10(2)19)14(22)23-17-12(20)6-7-13(17)21/h12H,3-9H2,1-2H3;11H,3-8H2,1-2H3,(H,15,18)(H,16,19). The third-order valence-electron chi connectivity index (χ3n) is 6.17. The Morgan fingerprint density at radius 2 is 1.19 bits per heavy atom. The van der Waals surface area contributed by atoms with Crippen LogP contribution in [0.1, 0.15) is 85.5 Å². The zero-order chi connectivity index (χ0) is 36.2. The van der Waals surface area contributed by atoms with Crippen LogP contribution in [0.4, 0.5) is 0 Å². The van der Waals surface area contributed by atoms with Gasteiger partial charge in [0, 0.05) is 66.5 Å². The van der Waals surface area contributed by atoms with E-state index in [9.17, 15) is 47.9 Å². The van der Waals surface area contributed by atoms with Crippen LogP contribution in [0, 0.1) is 0 Å². The van der Waals surface area contributed by atoms with Crippen LogP contribution in [0.2, 0.25) is 0 Å². The van der Waals surface area contributed by atoms with Crippen LogP contribution in [-0.2, 0) is 71.8 Å². The summed E-state index contributed by atoms with van der Waals surface area (Å²) >= 11 is 0. The van der Waals surface area contributed by atoms with Crippen molar-refractivity contribution in [3.8, 4) is 0 Å². The molecule has 2 rings (SSSR count). The van der Waals surface area contributed by atoms with E-state index in [0.29, 0.717) is 29.5 Å². The number of nitrogens with zero attached hydrogens (tertiary/aromatic N) is 2. The number of hydrogen-bond donors (Lipinski definition) is 2. The number of hydrogen-bond acceptors (Lipinski definition) is 15. The van der Waals surface area contributed by atoms with Gasteiger partial charge in [-0.25, -0.2) is 9.59 Å². The van der Waals surface area contributed by atoms with E-state index in [4.69, 9.17) is 23.9 Å². The highest BCUT2D eigenvalue weighted by molar-refractivity contribution is 6.02. The lowest BCUT2D eigenvalue weighted by Gasteiger charge is -2.19. The molecule has 0 aliphatic carbocycles. The molecular formula is C29H42N4O15. The van der Waals surface area contributed by atoms with E-state index >= 15 is 0 Å². The third kappa shape index (κ3) is 17.1. The van der Waals surface area contributed by atoms with Crippen molar-refractivity contribution in [2.75, 3.05) is 26.4 Å². The number of imide groups is 2. The van der Waals surface area contributed by atoms with Gasteiger partial charge in [0.15, 0.2) is 0 Å². The fourth-order valence-electron chi connectivity index (χ4n) is 3.88. The minimum absolute atomic E-state index is 0.00757. The molecule has 19 nitrogen and oxygen atoms in total. The Labute approximate surface area is 276 Å². The summed E-state index contributed by atoms with van der Waals surface area (Å²) in [5.41, 5.74) is 0. The van der Waals surface area contributed by atoms with Gasteiger partial charge in [-0.3, -0.25) is 38.4 Å². The second kappa shape index (κ2) is 21.8. The highest BCUT2D eigenvalue weighted by Crippen LogP contribution is 2.15. The molecule has 48 heavy (non-hydrogen) atoms. The summed E-state index contributed by atoms with van der Waals surface area (Å²) in [4.78, 5) is 122. The lowest BCUT2D eigenvalue weighted by Crippen LogP contribution is -2.44. The number of esters is 2. The van der Waals surface area contributed by atoms with Crippen molar-refractivity contribution in [2.45, 2.75) is 97.6 Å². The predicted molar refractivity (Wildman–Crippen MR) is 157 cm³/mol. The number of rotatable bonds is 18. The average molecular weight is 687 g/mol. The molecule has 0 radical (unpaired) electrons. The number of hydroxylamine groups is 4. The maximum atomic E-state index is 12.0. The molecule has 2 aliphatic heterocycles. The molecule has 2 N–H and O–H groups in total. The quantitative estimate of drug-likeness (QED) is 0.103. The highest BCUT2D eigenvalue weighted by atomic mass is 16.7. The van der Waals surface area contributed by atoms with Crippen LogP contribution < -0.4 is 10.6 Å². The van der Waals surface area contributed by atoms with Gasteiger partial charge in [-0.2, -0.15) is 0 Å². The van der Waals surface area contributed by atoms with Gasteiger partial charge in [-0.05, 0) is 25.7 Å². The summed E-state index contributed by atoms with van der Waals surface area (Å²) in [6.07, 6.45) is 1.01. The second-order valence-electron chi connectivity index (χ2n) is 10.5. The Balaban J connectivity index is 0.000000482. The molecule has 6 amide bonds. The first-order valence-corrected chi connectivity index (χ1v) is 15.1. The van der Waals surface area contributed by atoms with Crippen molar-refractivity contribution in [1.29, 1.82) is 0 Å². The van der Waals surface area contributed by atoms with Gasteiger partial charge in [-0.15, -0.1) is 10.1 Å². The van der Waals surface area contributed by atoms with E-state index in [-0.39, 0.29) is 70.7 Å². The molecule has 2 heterocycles. The normalized spacial score (nSPS) is 14.6. The van der Waals surface area contributed by atoms with Crippen LogP contribution in [0.5, 0.6) is 0 Å². The van der Waals surface area contributed by atoms with Crippen molar-refractivity contribution in [2.24, 2.45) is 0 Å². The average Bonchev–Trinajstić information content (AvgIpc) is 3.49. The zero-order valence-electron chi connectivity index (χ0n) is 27.4. The van der Waals surface area contributed by atoms with E-state index in [2.05, 4.69) is 10.6 Å². The molecule has 2 fully saturated rings. The molecule has 1 unspecified atom stereocenters. The maximum absolute atomic E-state index is 12.0. The Morgan fingerprint density at radius 3 is 1.65 bits per heavy atom. The van der Waals surface area contributed by atoms with Crippen molar-refractivity contribution >= 4 is 59.3 Å². The van der Waals surface area contributed by atoms with E-state index in [1.165, 1.54) is 27.7 Å². The van der Waals surface area contributed by atoms with Crippen LogP contribution in [-0.4, -0.2) is 108 Å². The fourth-order valence-corrected chi connectivity index (χ4v) is 3.88. The van der Waals surface area contributed by atoms with Gasteiger partial charge >= 0.3 is 23.9 Å². The van der Waals surface area contributed by atoms with Crippen LogP contribution in [0.25, 0.3) is 0 Å². The number of amides is 6. The first kappa shape index (κ1) is 41.1. The zero-order valence-corrected chi connectivity index (χ0v) is 27.4. The van der Waals surface area contributed by atoms with Gasteiger partial charge in [0.1, 0.15) is 25.4 Å². The maximum Gasteiger partial charge on any atom is 0.355 e. The monoisotopic (exact) mass is 686 g/mol. The van der Waals surface area contributed by atoms with Crippen LogP contribution >= 0.6 is 0 Å². The Morgan fingerprint density at radius 1 is 0.688 bits per heavy atom. The molecular weight excluding hydrogens is 644 g/mol. The molecule has 0 spiro atoms. The molecule has 0 aromatic heterocycles. The first-order chi connectivity index (χ1) is 22.6. The molecule has 2 aliphatic rings. The lowest BCUT2D eigenvalue weighted by molar-refractivity contribution is -0.199. The predicted octanol–water partition coefficient (Wildman–Crippen LogP) is -0.710. The number of carbonyl (C=O) groups excluding carboxylic acids is 10. The molecule has 2 saturated heterocycles. The summed E-state index contributed by atoms with van der Waals surface area (Å²) in [5, 5.41) is 5.98. The number of nitrogens with one attached hydrogen (secondary N) is 2. The minimum Gasteiger partial charge on any atom is -0.463 e. The van der Waals surface area contributed by atoms with E-state index < -0.39 is 65.6 Å². The third-order valence-corrected chi connectivity index (χ3v) is 6.17. The Hall–Kier alpha value is -4.94. The summed E-state index contributed by atoms with van der Waals surface area (Å²) in [6.45, 7) is 5.50. The summed E-state index contributed by atoms with van der Waals surface area (Å²) in [5.74, 6) is -5.39. The molecule has 19 heteroatoms. The minimum atomic E-state index is -0.953. The second-order valence-corrected chi connectivity index (χ2v) is 10.5. The van der Waals surface area contributed by atoms with Gasteiger partial charge in [0.25, 0.3) is 23.6 Å². The Bertz CT molecular complexity index is 1170. The smallest absolute Gasteiger partial charge is 0.355 e. The first-order valence-electron chi connectivity index (χ1n) is 15.1. The number of carbonyl (C=O) groups is 10. The summed E-state index contributed by atoms with van der Waals surface area (Å²) in [6, 6.07) is -0.953. The van der Waals surface area contributed by atoms with E-state index in [0.717, 1.165) is 0 Å².